The number of hydrogen-bond donors (Lipinski definition) is 3. The average Bonchev–Trinajstić information content (AvgIpc) is 3.46. The molecule has 1 saturated heterocycles. The van der Waals surface area contributed by atoms with Gasteiger partial charge in [-0.05, 0) is 30.7 Å². The Labute approximate surface area is 269 Å². The van der Waals surface area contributed by atoms with Gasteiger partial charge in [0.25, 0.3) is 17.2 Å². The topological polar surface area (TPSA) is 232 Å². The van der Waals surface area contributed by atoms with E-state index in [1.807, 2.05) is 4.90 Å². The van der Waals surface area contributed by atoms with Crippen LogP contribution in [0.15, 0.2) is 41.5 Å². The van der Waals surface area contributed by atoms with Crippen LogP contribution in [0.4, 0.5) is 16.4 Å². The van der Waals surface area contributed by atoms with Crippen molar-refractivity contribution in [2.24, 2.45) is 0 Å². The van der Waals surface area contributed by atoms with Gasteiger partial charge in [0.05, 0.1) is 50.4 Å². The highest BCUT2D eigenvalue weighted by Gasteiger charge is 2.46. The van der Waals surface area contributed by atoms with E-state index in [9.17, 15) is 34.4 Å². The summed E-state index contributed by atoms with van der Waals surface area (Å²) in [7, 11) is 0. The van der Waals surface area contributed by atoms with Crippen LogP contribution in [0.1, 0.15) is 40.4 Å². The van der Waals surface area contributed by atoms with Crippen LogP contribution in [0.3, 0.4) is 0 Å². The molecule has 1 atom stereocenters. The van der Waals surface area contributed by atoms with E-state index in [0.717, 1.165) is 0 Å². The van der Waals surface area contributed by atoms with Gasteiger partial charge in [0, 0.05) is 44.1 Å². The summed E-state index contributed by atoms with van der Waals surface area (Å²) >= 11 is 0. The van der Waals surface area contributed by atoms with Gasteiger partial charge in [-0.1, -0.05) is 6.92 Å². The third-order valence-corrected chi connectivity index (χ3v) is 8.84. The molecule has 3 aliphatic rings. The van der Waals surface area contributed by atoms with Crippen LogP contribution in [0.25, 0.3) is 22.3 Å². The van der Waals surface area contributed by atoms with Gasteiger partial charge in [-0.25, -0.2) is 30.0 Å². The van der Waals surface area contributed by atoms with Crippen LogP contribution in [0.5, 0.6) is 5.75 Å². The first kappa shape index (κ1) is 30.6. The fourth-order valence-electron chi connectivity index (χ4n) is 6.23. The number of hydroxylamine groups is 1. The number of aliphatic hydroxyl groups is 1. The molecule has 0 saturated carbocycles. The third-order valence-electron chi connectivity index (χ3n) is 8.84. The molecule has 18 heteroatoms. The number of amides is 2. The van der Waals surface area contributed by atoms with Crippen molar-refractivity contribution in [1.82, 2.24) is 29.9 Å². The number of nitrogens with zero attached hydrogens (tertiary/aromatic N) is 7. The van der Waals surface area contributed by atoms with Crippen molar-refractivity contribution < 1.29 is 39.1 Å². The predicted molar refractivity (Wildman–Crippen MR) is 162 cm³/mol. The Kier molecular flexibility index (Phi) is 7.24. The Morgan fingerprint density at radius 1 is 1.12 bits per heavy atom. The van der Waals surface area contributed by atoms with Crippen molar-refractivity contribution in [3.8, 4) is 17.1 Å². The lowest BCUT2D eigenvalue weighted by atomic mass is 9.86. The first-order valence-electron chi connectivity index (χ1n) is 14.8. The van der Waals surface area contributed by atoms with Crippen molar-refractivity contribution in [2.45, 2.75) is 32.1 Å². The molecule has 1 fully saturated rings. The standard InChI is InChI=1S/C30H26N8O10/c1-2-30(43)20-10-22-23-18(13-37(22)26(40)19(20)14-47-27(30)41)24(38(45)46)17-9-16(3-4-21(17)33-23)48-29(42)36-7-5-35(6-8-36)28-31-11-15(12-32-28)25(39)34-44/h3-4,9-12,43-44H,2,5-8,13-14H2,1H3,(H,34,39)/t30-/m0/s1. The molecule has 3 aliphatic heterocycles. The molecule has 2 amide bonds. The summed E-state index contributed by atoms with van der Waals surface area (Å²) in [6.07, 6.45) is 1.81. The monoisotopic (exact) mass is 658 g/mol. The minimum absolute atomic E-state index is 0.0488. The van der Waals surface area contributed by atoms with Gasteiger partial charge in [0.15, 0.2) is 5.60 Å². The molecule has 48 heavy (non-hydrogen) atoms. The van der Waals surface area contributed by atoms with Crippen LogP contribution in [0.2, 0.25) is 0 Å². The van der Waals surface area contributed by atoms with Crippen LogP contribution in [0, 0.1) is 10.1 Å². The van der Waals surface area contributed by atoms with Crippen LogP contribution < -0.4 is 20.7 Å². The van der Waals surface area contributed by atoms with Crippen molar-refractivity contribution in [2.75, 3.05) is 31.1 Å². The lowest BCUT2D eigenvalue weighted by Crippen LogP contribution is -2.50. The Morgan fingerprint density at radius 2 is 1.85 bits per heavy atom. The normalized spacial score (nSPS) is 18.1. The lowest BCUT2D eigenvalue weighted by molar-refractivity contribution is -0.383. The zero-order chi connectivity index (χ0) is 33.9. The Morgan fingerprint density at radius 3 is 2.52 bits per heavy atom. The number of benzene rings is 1. The minimum Gasteiger partial charge on any atom is -0.458 e. The van der Waals surface area contributed by atoms with Crippen molar-refractivity contribution in [3.05, 3.63) is 79.4 Å². The average molecular weight is 659 g/mol. The van der Waals surface area contributed by atoms with Crippen LogP contribution in [-0.2, 0) is 28.3 Å². The molecule has 7 rings (SSSR count). The van der Waals surface area contributed by atoms with Gasteiger partial charge in [0.2, 0.25) is 5.95 Å². The number of carbonyl (C=O) groups is 3. The minimum atomic E-state index is -2.04. The Balaban J connectivity index is 1.14. The van der Waals surface area contributed by atoms with Gasteiger partial charge in [-0.15, -0.1) is 0 Å². The first-order valence-corrected chi connectivity index (χ1v) is 14.8. The van der Waals surface area contributed by atoms with Crippen molar-refractivity contribution in [1.29, 1.82) is 0 Å². The van der Waals surface area contributed by atoms with Crippen LogP contribution >= 0.6 is 0 Å². The SMILES string of the molecule is CC[C@@]1(O)C(=O)OCc2c1cc1n(c2=O)Cc2c-1nc1ccc(OC(=O)N3CCN(c4ncc(C(=O)NO)cn4)CC3)cc1c2[N+](=O)[O-]. The number of pyridine rings is 2. The number of hydrogen-bond acceptors (Lipinski definition) is 14. The summed E-state index contributed by atoms with van der Waals surface area (Å²) in [6, 6.07) is 5.76. The quantitative estimate of drug-likeness (QED) is 0.104. The number of fused-ring (bicyclic) bond motifs is 5. The highest BCUT2D eigenvalue weighted by molar-refractivity contribution is 5.95. The number of rotatable bonds is 5. The molecule has 18 nitrogen and oxygen atoms in total. The summed E-state index contributed by atoms with van der Waals surface area (Å²) in [4.78, 5) is 78.6. The maximum Gasteiger partial charge on any atom is 0.415 e. The molecule has 1 aromatic carbocycles. The number of nitro groups is 1. The molecule has 0 unspecified atom stereocenters. The first-order chi connectivity index (χ1) is 23.0. The third kappa shape index (κ3) is 4.76. The smallest absolute Gasteiger partial charge is 0.415 e. The molecular formula is C30H26N8O10. The van der Waals surface area contributed by atoms with E-state index in [1.165, 1.54) is 51.6 Å². The number of ether oxygens (including phenoxy) is 2. The second-order valence-electron chi connectivity index (χ2n) is 11.4. The summed E-state index contributed by atoms with van der Waals surface area (Å²) < 4.78 is 12.0. The number of carbonyl (C=O) groups excluding carboxylic acids is 3. The second-order valence-corrected chi connectivity index (χ2v) is 11.4. The van der Waals surface area contributed by atoms with Gasteiger partial charge in [0.1, 0.15) is 12.4 Å². The number of anilines is 1. The molecule has 0 bridgehead atoms. The summed E-state index contributed by atoms with van der Waals surface area (Å²) in [5.74, 6) is -1.23. The molecule has 0 aliphatic carbocycles. The highest BCUT2D eigenvalue weighted by Crippen LogP contribution is 2.43. The van der Waals surface area contributed by atoms with Gasteiger partial charge < -0.3 is 28.9 Å². The molecule has 0 radical (unpaired) electrons. The largest absolute Gasteiger partial charge is 0.458 e. The predicted octanol–water partition coefficient (Wildman–Crippen LogP) is 1.22. The van der Waals surface area contributed by atoms with E-state index in [-0.39, 0.29) is 88.6 Å². The molecule has 0 spiro atoms. The van der Waals surface area contributed by atoms with E-state index in [0.29, 0.717) is 19.0 Å². The van der Waals surface area contributed by atoms with Gasteiger partial charge in [-0.2, -0.15) is 0 Å². The Bertz CT molecular complexity index is 2110. The molecule has 246 valence electrons. The van der Waals surface area contributed by atoms with E-state index in [1.54, 1.807) is 6.92 Å². The number of aromatic nitrogens is 4. The number of cyclic esters (lactones) is 1. The van der Waals surface area contributed by atoms with Crippen LogP contribution in [-0.4, -0.2) is 83.8 Å². The summed E-state index contributed by atoms with van der Waals surface area (Å²) in [6.45, 7) is 2.30. The van der Waals surface area contributed by atoms with Crippen molar-refractivity contribution in [3.63, 3.8) is 0 Å². The highest BCUT2D eigenvalue weighted by atomic mass is 16.6. The van der Waals surface area contributed by atoms with E-state index < -0.39 is 34.1 Å². The molecule has 3 aromatic heterocycles. The van der Waals surface area contributed by atoms with E-state index >= 15 is 0 Å². The maximum atomic E-state index is 13.5. The zero-order valence-electron chi connectivity index (χ0n) is 25.2. The van der Waals surface area contributed by atoms with Gasteiger partial charge >= 0.3 is 12.1 Å². The Hall–Kier alpha value is -6.01. The summed E-state index contributed by atoms with van der Waals surface area (Å²) in [5, 5.41) is 32.4. The zero-order valence-corrected chi connectivity index (χ0v) is 25.2. The molecule has 6 heterocycles. The second kappa shape index (κ2) is 11.4. The number of esters is 1. The van der Waals surface area contributed by atoms with E-state index in [2.05, 4.69) is 15.0 Å². The van der Waals surface area contributed by atoms with Gasteiger partial charge in [-0.3, -0.25) is 24.9 Å². The molecule has 3 N–H and O–H groups in total. The molecule has 4 aromatic rings. The molecular weight excluding hydrogens is 632 g/mol. The van der Waals surface area contributed by atoms with Crippen molar-refractivity contribution >= 4 is 40.5 Å². The fraction of sp³-hybridized carbons (Fsp3) is 0.300. The number of piperazine rings is 1. The number of nitrogens with one attached hydrogen (secondary N) is 1. The fourth-order valence-corrected chi connectivity index (χ4v) is 6.23. The summed E-state index contributed by atoms with van der Waals surface area (Å²) in [5.41, 5.74) is -0.372. The van der Waals surface area contributed by atoms with E-state index in [4.69, 9.17) is 14.7 Å². The lowest BCUT2D eigenvalue weighted by Gasteiger charge is -2.33. The maximum absolute atomic E-state index is 13.5.